The standard InChI is InChI=1S/C24H30Cl2O5/c1-2-3-4-5-6-7-8-11-16-29-23(27)13-10-9-12-17-30-24(28)19-31-22-15-14-20(25)18-21(22)26/h10,13-15,18H,2-8,11,16-17,19H2,1H3/b13-10+. The molecule has 1 aromatic carbocycles. The second kappa shape index (κ2) is 17.5. The number of rotatable bonds is 14. The lowest BCUT2D eigenvalue weighted by atomic mass is 10.1. The Kier molecular flexibility index (Phi) is 15.2. The molecule has 0 aliphatic carbocycles. The third-order valence-corrected chi connectivity index (χ3v) is 4.72. The van der Waals surface area contributed by atoms with Crippen molar-refractivity contribution in [1.29, 1.82) is 0 Å². The molecule has 31 heavy (non-hydrogen) atoms. The van der Waals surface area contributed by atoms with Gasteiger partial charge in [-0.05, 0) is 30.7 Å². The average molecular weight is 469 g/mol. The summed E-state index contributed by atoms with van der Waals surface area (Å²) in [6, 6.07) is 4.69. The van der Waals surface area contributed by atoms with Gasteiger partial charge < -0.3 is 14.2 Å². The molecule has 0 saturated carbocycles. The first-order valence-corrected chi connectivity index (χ1v) is 11.3. The molecule has 170 valence electrons. The van der Waals surface area contributed by atoms with Crippen molar-refractivity contribution in [2.75, 3.05) is 19.8 Å². The zero-order valence-corrected chi connectivity index (χ0v) is 19.5. The maximum atomic E-state index is 11.6. The minimum Gasteiger partial charge on any atom is -0.480 e. The summed E-state index contributed by atoms with van der Waals surface area (Å²) in [6.07, 6.45) is 12.2. The SMILES string of the molecule is CCCCCCCCCCOC(=O)/C=C/C#CCOC(=O)COc1ccc(Cl)cc1Cl. The van der Waals surface area contributed by atoms with Crippen LogP contribution in [-0.2, 0) is 19.1 Å². The molecule has 0 amide bonds. The normalized spacial score (nSPS) is 10.4. The van der Waals surface area contributed by atoms with Crippen molar-refractivity contribution in [1.82, 2.24) is 0 Å². The second-order valence-electron chi connectivity index (χ2n) is 6.82. The van der Waals surface area contributed by atoms with Crippen molar-refractivity contribution >= 4 is 35.1 Å². The number of hydrogen-bond donors (Lipinski definition) is 0. The zero-order chi connectivity index (χ0) is 22.7. The number of carbonyl (C=O) groups excluding carboxylic acids is 2. The Morgan fingerprint density at radius 3 is 2.42 bits per heavy atom. The molecule has 0 spiro atoms. The molecule has 0 unspecified atom stereocenters. The summed E-state index contributed by atoms with van der Waals surface area (Å²) in [5.74, 6) is 4.54. The first kappa shape index (κ1) is 26.9. The molecule has 0 aliphatic heterocycles. The summed E-state index contributed by atoms with van der Waals surface area (Å²) in [4.78, 5) is 23.2. The van der Waals surface area contributed by atoms with Gasteiger partial charge in [-0.3, -0.25) is 0 Å². The van der Waals surface area contributed by atoms with Gasteiger partial charge in [-0.2, -0.15) is 0 Å². The van der Waals surface area contributed by atoms with E-state index in [4.69, 9.17) is 37.4 Å². The highest BCUT2D eigenvalue weighted by Crippen LogP contribution is 2.27. The van der Waals surface area contributed by atoms with E-state index >= 15 is 0 Å². The number of hydrogen-bond acceptors (Lipinski definition) is 5. The lowest BCUT2D eigenvalue weighted by Crippen LogP contribution is -2.15. The van der Waals surface area contributed by atoms with E-state index in [-0.39, 0.29) is 13.2 Å². The predicted molar refractivity (Wildman–Crippen MR) is 123 cm³/mol. The van der Waals surface area contributed by atoms with Crippen LogP contribution in [0.15, 0.2) is 30.4 Å². The number of unbranched alkanes of at least 4 members (excludes halogenated alkanes) is 7. The van der Waals surface area contributed by atoms with Crippen molar-refractivity contribution in [2.24, 2.45) is 0 Å². The van der Waals surface area contributed by atoms with Gasteiger partial charge in [0.1, 0.15) is 5.75 Å². The Bertz CT molecular complexity index is 765. The third kappa shape index (κ3) is 14.5. The van der Waals surface area contributed by atoms with E-state index < -0.39 is 11.9 Å². The van der Waals surface area contributed by atoms with Crippen molar-refractivity contribution in [2.45, 2.75) is 58.3 Å². The van der Waals surface area contributed by atoms with Crippen LogP contribution in [0, 0.1) is 11.8 Å². The highest BCUT2D eigenvalue weighted by Gasteiger charge is 2.07. The molecule has 0 atom stereocenters. The van der Waals surface area contributed by atoms with Gasteiger partial charge in [-0.1, -0.05) is 86.9 Å². The Balaban J connectivity index is 2.06. The molecule has 1 aromatic rings. The molecule has 0 aromatic heterocycles. The number of ether oxygens (including phenoxy) is 3. The van der Waals surface area contributed by atoms with Crippen molar-refractivity contribution in [3.05, 3.63) is 40.4 Å². The molecule has 7 heteroatoms. The number of allylic oxidation sites excluding steroid dienone is 1. The summed E-state index contributed by atoms with van der Waals surface area (Å²) in [5, 5.41) is 0.778. The van der Waals surface area contributed by atoms with E-state index in [1.54, 1.807) is 12.1 Å². The maximum Gasteiger partial charge on any atom is 0.345 e. The summed E-state index contributed by atoms with van der Waals surface area (Å²) >= 11 is 11.7. The van der Waals surface area contributed by atoms with Crippen LogP contribution in [0.5, 0.6) is 5.75 Å². The van der Waals surface area contributed by atoms with E-state index in [1.165, 1.54) is 56.7 Å². The fourth-order valence-corrected chi connectivity index (χ4v) is 3.02. The number of esters is 2. The Morgan fingerprint density at radius 1 is 1.00 bits per heavy atom. The van der Waals surface area contributed by atoms with Crippen LogP contribution < -0.4 is 4.74 Å². The summed E-state index contributed by atoms with van der Waals surface area (Å²) in [6.45, 7) is 2.21. The molecular formula is C24H30Cl2O5. The van der Waals surface area contributed by atoms with Gasteiger partial charge in [0.25, 0.3) is 0 Å². The molecule has 0 N–H and O–H groups in total. The Morgan fingerprint density at radius 2 is 1.71 bits per heavy atom. The fourth-order valence-electron chi connectivity index (χ4n) is 2.55. The van der Waals surface area contributed by atoms with Gasteiger partial charge >= 0.3 is 11.9 Å². The monoisotopic (exact) mass is 468 g/mol. The summed E-state index contributed by atoms with van der Waals surface area (Å²) in [7, 11) is 0. The molecule has 0 radical (unpaired) electrons. The molecule has 0 saturated heterocycles. The summed E-state index contributed by atoms with van der Waals surface area (Å²) < 4.78 is 15.3. The Labute approximate surface area is 195 Å². The van der Waals surface area contributed by atoms with Gasteiger partial charge in [-0.25, -0.2) is 9.59 Å². The van der Waals surface area contributed by atoms with Crippen LogP contribution in [0.4, 0.5) is 0 Å². The number of carbonyl (C=O) groups is 2. The molecular weight excluding hydrogens is 439 g/mol. The minimum absolute atomic E-state index is 0.117. The van der Waals surface area contributed by atoms with Crippen LogP contribution in [-0.4, -0.2) is 31.8 Å². The van der Waals surface area contributed by atoms with Gasteiger partial charge in [0.05, 0.1) is 11.6 Å². The average Bonchev–Trinajstić information content (AvgIpc) is 2.74. The third-order valence-electron chi connectivity index (χ3n) is 4.19. The van der Waals surface area contributed by atoms with Crippen LogP contribution in [0.3, 0.4) is 0 Å². The smallest absolute Gasteiger partial charge is 0.345 e. The van der Waals surface area contributed by atoms with Gasteiger partial charge in [-0.15, -0.1) is 0 Å². The van der Waals surface area contributed by atoms with E-state index in [0.29, 0.717) is 22.4 Å². The highest BCUT2D eigenvalue weighted by atomic mass is 35.5. The van der Waals surface area contributed by atoms with Crippen LogP contribution in [0.1, 0.15) is 58.3 Å². The van der Waals surface area contributed by atoms with Crippen LogP contribution in [0.25, 0.3) is 0 Å². The zero-order valence-electron chi connectivity index (χ0n) is 18.0. The van der Waals surface area contributed by atoms with E-state index in [2.05, 4.69) is 18.8 Å². The fraction of sp³-hybridized carbons (Fsp3) is 0.500. The Hall–Kier alpha value is -2.16. The number of benzene rings is 1. The quantitative estimate of drug-likeness (QED) is 0.141. The topological polar surface area (TPSA) is 61.8 Å². The minimum atomic E-state index is -0.589. The molecule has 5 nitrogen and oxygen atoms in total. The molecule has 0 bridgehead atoms. The second-order valence-corrected chi connectivity index (χ2v) is 7.66. The predicted octanol–water partition coefficient (Wildman–Crippen LogP) is 6.16. The van der Waals surface area contributed by atoms with Crippen molar-refractivity contribution in [3.63, 3.8) is 0 Å². The lowest BCUT2D eigenvalue weighted by molar-refractivity contribution is -0.144. The van der Waals surface area contributed by atoms with Crippen LogP contribution in [0.2, 0.25) is 10.0 Å². The maximum absolute atomic E-state index is 11.6. The molecule has 0 heterocycles. The van der Waals surface area contributed by atoms with Gasteiger partial charge in [0.15, 0.2) is 13.2 Å². The van der Waals surface area contributed by atoms with Gasteiger partial charge in [0.2, 0.25) is 0 Å². The van der Waals surface area contributed by atoms with Crippen molar-refractivity contribution < 1.29 is 23.8 Å². The van der Waals surface area contributed by atoms with Gasteiger partial charge in [0, 0.05) is 11.1 Å². The largest absolute Gasteiger partial charge is 0.480 e. The first-order chi connectivity index (χ1) is 15.0. The van der Waals surface area contributed by atoms with E-state index in [9.17, 15) is 9.59 Å². The van der Waals surface area contributed by atoms with Crippen molar-refractivity contribution in [3.8, 4) is 17.6 Å². The summed E-state index contributed by atoms with van der Waals surface area (Å²) in [5.41, 5.74) is 0. The van der Waals surface area contributed by atoms with E-state index in [0.717, 1.165) is 12.8 Å². The van der Waals surface area contributed by atoms with E-state index in [1.807, 2.05) is 0 Å². The molecule has 0 aliphatic rings. The molecule has 1 rings (SSSR count). The number of halogens is 2. The van der Waals surface area contributed by atoms with Crippen LogP contribution >= 0.6 is 23.2 Å². The highest BCUT2D eigenvalue weighted by molar-refractivity contribution is 6.35. The molecule has 0 fully saturated rings. The lowest BCUT2D eigenvalue weighted by Gasteiger charge is -2.07. The first-order valence-electron chi connectivity index (χ1n) is 10.6.